The molecule has 6 atom stereocenters. The number of carbonyl (C=O) groups excluding carboxylic acids is 2. The topological polar surface area (TPSA) is 82.5 Å². The Labute approximate surface area is 193 Å². The average Bonchev–Trinajstić information content (AvgIpc) is 3.09. The van der Waals surface area contributed by atoms with Crippen LogP contribution in [0.4, 0.5) is 5.13 Å². The van der Waals surface area contributed by atoms with Crippen LogP contribution in [0.1, 0.15) is 50.1 Å². The Balaban J connectivity index is 1.82. The van der Waals surface area contributed by atoms with Crippen molar-refractivity contribution in [2.75, 3.05) is 30.9 Å². The molecule has 1 aromatic heterocycles. The van der Waals surface area contributed by atoms with Crippen molar-refractivity contribution in [2.45, 2.75) is 52.1 Å². The highest BCUT2D eigenvalue weighted by Crippen LogP contribution is 2.57. The Kier molecular flexibility index (Phi) is 7.54. The monoisotopic (exact) mass is 465 g/mol. The highest BCUT2D eigenvalue weighted by molar-refractivity contribution is 7.99. The van der Waals surface area contributed by atoms with E-state index in [2.05, 4.69) is 25.7 Å². The number of carbonyl (C=O) groups is 2. The molecule has 2 aliphatic carbocycles. The van der Waals surface area contributed by atoms with Gasteiger partial charge in [0, 0.05) is 30.3 Å². The van der Waals surface area contributed by atoms with E-state index in [1.54, 1.807) is 29.4 Å². The summed E-state index contributed by atoms with van der Waals surface area (Å²) in [6.07, 6.45) is 5.73. The molecule has 1 aromatic rings. The molecule has 172 valence electrons. The third-order valence-corrected chi connectivity index (χ3v) is 8.79. The summed E-state index contributed by atoms with van der Waals surface area (Å²) in [5.74, 6) is 0.233. The number of hydrogen-bond donors (Lipinski definition) is 2. The predicted octanol–water partition coefficient (Wildman–Crippen LogP) is 3.78. The van der Waals surface area contributed by atoms with Crippen LogP contribution in [0.3, 0.4) is 0 Å². The van der Waals surface area contributed by atoms with Crippen molar-refractivity contribution in [1.82, 2.24) is 9.88 Å². The molecule has 2 amide bonds. The number of aromatic nitrogens is 1. The first-order valence-corrected chi connectivity index (χ1v) is 13.2. The summed E-state index contributed by atoms with van der Waals surface area (Å²) in [6, 6.07) is 0. The van der Waals surface area contributed by atoms with Gasteiger partial charge in [-0.05, 0) is 42.8 Å². The van der Waals surface area contributed by atoms with E-state index >= 15 is 0 Å². The van der Waals surface area contributed by atoms with Gasteiger partial charge in [0.2, 0.25) is 11.8 Å². The van der Waals surface area contributed by atoms with Crippen LogP contribution in [0.2, 0.25) is 0 Å². The second-order valence-corrected chi connectivity index (χ2v) is 11.4. The summed E-state index contributed by atoms with van der Waals surface area (Å²) in [6.45, 7) is 10.6. The zero-order valence-corrected chi connectivity index (χ0v) is 20.8. The molecule has 3 rings (SSSR count). The van der Waals surface area contributed by atoms with E-state index in [0.717, 1.165) is 25.0 Å². The normalized spacial score (nSPS) is 30.6. The van der Waals surface area contributed by atoms with Crippen LogP contribution in [0.25, 0.3) is 0 Å². The van der Waals surface area contributed by atoms with Crippen molar-refractivity contribution in [3.8, 4) is 0 Å². The SMILES string of the molecule is C=CCN(C)C(=O)[C@@H](C)[C@@H]1CC[C@@]2(C)Cc3sc(NC(=O)CSC)nc3[C@@H](C)[C@@H]2[C@H]1O. The summed E-state index contributed by atoms with van der Waals surface area (Å²) in [7, 11) is 1.79. The molecule has 0 saturated heterocycles. The number of hydrogen-bond acceptors (Lipinski definition) is 6. The molecular formula is C23H35N3O3S2. The number of nitrogens with zero attached hydrogens (tertiary/aromatic N) is 2. The van der Waals surface area contributed by atoms with E-state index < -0.39 is 6.10 Å². The molecule has 2 N–H and O–H groups in total. The maximum absolute atomic E-state index is 12.9. The van der Waals surface area contributed by atoms with E-state index in [-0.39, 0.29) is 40.9 Å². The van der Waals surface area contributed by atoms with Gasteiger partial charge in [-0.3, -0.25) is 9.59 Å². The number of thioether (sulfide) groups is 1. The molecule has 0 bridgehead atoms. The fourth-order valence-corrected chi connectivity index (χ4v) is 7.32. The molecule has 0 aliphatic heterocycles. The quantitative estimate of drug-likeness (QED) is 0.599. The zero-order valence-electron chi connectivity index (χ0n) is 19.2. The summed E-state index contributed by atoms with van der Waals surface area (Å²) in [5, 5.41) is 15.1. The first kappa shape index (κ1) is 24.3. The van der Waals surface area contributed by atoms with E-state index in [1.807, 2.05) is 13.2 Å². The van der Waals surface area contributed by atoms with E-state index in [4.69, 9.17) is 4.98 Å². The third-order valence-electron chi connectivity index (χ3n) is 7.25. The molecule has 1 fully saturated rings. The number of fused-ring (bicyclic) bond motifs is 2. The number of rotatable bonds is 7. The summed E-state index contributed by atoms with van der Waals surface area (Å²) in [5.41, 5.74) is 0.958. The molecule has 1 heterocycles. The molecule has 2 aliphatic rings. The number of likely N-dealkylation sites (N-methyl/N-ethyl adjacent to an activating group) is 1. The van der Waals surface area contributed by atoms with Crippen molar-refractivity contribution < 1.29 is 14.7 Å². The fraction of sp³-hybridized carbons (Fsp3) is 0.696. The van der Waals surface area contributed by atoms with Gasteiger partial charge in [-0.15, -0.1) is 17.9 Å². The summed E-state index contributed by atoms with van der Waals surface area (Å²) in [4.78, 5) is 32.5. The minimum atomic E-state index is -0.561. The first-order chi connectivity index (χ1) is 14.6. The molecule has 6 nitrogen and oxygen atoms in total. The number of thiazole rings is 1. The molecule has 1 saturated carbocycles. The van der Waals surface area contributed by atoms with Gasteiger partial charge in [0.15, 0.2) is 5.13 Å². The van der Waals surface area contributed by atoms with Crippen LogP contribution in [0.15, 0.2) is 12.7 Å². The van der Waals surface area contributed by atoms with E-state index in [1.165, 1.54) is 16.6 Å². The van der Waals surface area contributed by atoms with Crippen molar-refractivity contribution >= 4 is 40.0 Å². The molecular weight excluding hydrogens is 430 g/mol. The van der Waals surface area contributed by atoms with Gasteiger partial charge >= 0.3 is 0 Å². The highest BCUT2D eigenvalue weighted by atomic mass is 32.2. The molecule has 8 heteroatoms. The van der Waals surface area contributed by atoms with Crippen LogP contribution in [-0.2, 0) is 16.0 Å². The standard InChI is InChI=1S/C23H35N3O3S2/c1-7-10-26(5)21(29)13(2)15-8-9-23(4)11-16-19(14(3)18(23)20(15)28)25-22(31-16)24-17(27)12-30-6/h7,13-15,18,20,28H,1,8-12H2,2-6H3,(H,24,25,27)/t13-,14-,15-,18+,20-,23-/m0/s1. The lowest BCUT2D eigenvalue weighted by Gasteiger charge is -2.53. The minimum absolute atomic E-state index is 0.0361. The van der Waals surface area contributed by atoms with Gasteiger partial charge < -0.3 is 15.3 Å². The number of aliphatic hydroxyl groups excluding tert-OH is 1. The van der Waals surface area contributed by atoms with E-state index in [9.17, 15) is 14.7 Å². The predicted molar refractivity (Wildman–Crippen MR) is 129 cm³/mol. The summed E-state index contributed by atoms with van der Waals surface area (Å²) >= 11 is 3.05. The van der Waals surface area contributed by atoms with Crippen LogP contribution < -0.4 is 5.32 Å². The number of anilines is 1. The van der Waals surface area contributed by atoms with Gasteiger partial charge in [0.1, 0.15) is 0 Å². The average molecular weight is 466 g/mol. The van der Waals surface area contributed by atoms with Gasteiger partial charge in [0.25, 0.3) is 0 Å². The number of nitrogens with one attached hydrogen (secondary N) is 1. The van der Waals surface area contributed by atoms with Crippen LogP contribution >= 0.6 is 23.1 Å². The van der Waals surface area contributed by atoms with E-state index in [0.29, 0.717) is 17.4 Å². The molecule has 0 radical (unpaired) electrons. The maximum Gasteiger partial charge on any atom is 0.236 e. The Hall–Kier alpha value is -1.38. The lowest BCUT2D eigenvalue weighted by Crippen LogP contribution is -2.53. The smallest absolute Gasteiger partial charge is 0.236 e. The van der Waals surface area contributed by atoms with Gasteiger partial charge in [0.05, 0.1) is 17.6 Å². The minimum Gasteiger partial charge on any atom is -0.392 e. The summed E-state index contributed by atoms with van der Waals surface area (Å²) < 4.78 is 0. The zero-order chi connectivity index (χ0) is 22.9. The van der Waals surface area contributed by atoms with Crippen molar-refractivity contribution in [2.24, 2.45) is 23.2 Å². The van der Waals surface area contributed by atoms with Gasteiger partial charge in [-0.2, -0.15) is 11.8 Å². The fourth-order valence-electron chi connectivity index (χ4n) is 5.70. The lowest BCUT2D eigenvalue weighted by molar-refractivity contribution is -0.143. The van der Waals surface area contributed by atoms with Crippen LogP contribution in [0.5, 0.6) is 0 Å². The van der Waals surface area contributed by atoms with Crippen LogP contribution in [0, 0.1) is 23.2 Å². The Morgan fingerprint density at radius 1 is 1.52 bits per heavy atom. The highest BCUT2D eigenvalue weighted by Gasteiger charge is 2.54. The van der Waals surface area contributed by atoms with Gasteiger partial charge in [-0.1, -0.05) is 26.8 Å². The Morgan fingerprint density at radius 2 is 2.23 bits per heavy atom. The maximum atomic E-state index is 12.9. The molecule has 31 heavy (non-hydrogen) atoms. The van der Waals surface area contributed by atoms with Crippen molar-refractivity contribution in [1.29, 1.82) is 0 Å². The molecule has 0 spiro atoms. The van der Waals surface area contributed by atoms with Gasteiger partial charge in [-0.25, -0.2) is 4.98 Å². The second-order valence-electron chi connectivity index (χ2n) is 9.44. The lowest BCUT2D eigenvalue weighted by atomic mass is 9.53. The molecule has 0 unspecified atom stereocenters. The van der Waals surface area contributed by atoms with Crippen molar-refractivity contribution in [3.05, 3.63) is 23.2 Å². The van der Waals surface area contributed by atoms with Crippen molar-refractivity contribution in [3.63, 3.8) is 0 Å². The Bertz CT molecular complexity index is 842. The largest absolute Gasteiger partial charge is 0.392 e. The number of aliphatic hydroxyl groups is 1. The second kappa shape index (κ2) is 9.63. The first-order valence-electron chi connectivity index (χ1n) is 10.9. The Morgan fingerprint density at radius 3 is 2.87 bits per heavy atom. The molecule has 0 aromatic carbocycles. The van der Waals surface area contributed by atoms with Crippen LogP contribution in [-0.4, -0.2) is 58.5 Å². The number of amides is 2. The third kappa shape index (κ3) is 4.71.